The number of carbonyl (C=O) groups excluding carboxylic acids is 1. The zero-order valence-electron chi connectivity index (χ0n) is 13.4. The molecule has 1 aliphatic heterocycles. The number of likely N-dealkylation sites (tertiary alicyclic amines) is 1. The zero-order valence-corrected chi connectivity index (χ0v) is 13.4. The highest BCUT2D eigenvalue weighted by atomic mass is 16.6. The van der Waals surface area contributed by atoms with Crippen LogP contribution in [0.4, 0.5) is 16.3 Å². The van der Waals surface area contributed by atoms with Gasteiger partial charge in [-0.2, -0.15) is 0 Å². The number of pyridine rings is 1. The van der Waals surface area contributed by atoms with Gasteiger partial charge in [-0.25, -0.2) is 9.78 Å². The molecule has 6 heteroatoms. The first kappa shape index (κ1) is 14.9. The molecule has 1 amide bonds. The molecule has 1 aromatic rings. The lowest BCUT2D eigenvalue weighted by Gasteiger charge is -2.58. The van der Waals surface area contributed by atoms with E-state index < -0.39 is 5.60 Å². The highest BCUT2D eigenvalue weighted by Gasteiger charge is 2.54. The third-order valence-electron chi connectivity index (χ3n) is 4.22. The number of hydrogen-bond acceptors (Lipinski definition) is 5. The third-order valence-corrected chi connectivity index (χ3v) is 4.22. The molecular weight excluding hydrogens is 280 g/mol. The van der Waals surface area contributed by atoms with Crippen molar-refractivity contribution < 1.29 is 9.53 Å². The molecule has 120 valence electrons. The maximum absolute atomic E-state index is 11.9. The average Bonchev–Trinajstić information content (AvgIpc) is 2.30. The highest BCUT2D eigenvalue weighted by Crippen LogP contribution is 2.49. The maximum atomic E-state index is 11.9. The molecule has 1 spiro atoms. The summed E-state index contributed by atoms with van der Waals surface area (Å²) >= 11 is 0. The van der Waals surface area contributed by atoms with Crippen LogP contribution < -0.4 is 11.1 Å². The summed E-state index contributed by atoms with van der Waals surface area (Å²) in [5.74, 6) is 0.530. The van der Waals surface area contributed by atoms with Gasteiger partial charge in [0, 0.05) is 24.5 Å². The van der Waals surface area contributed by atoms with Crippen LogP contribution in [0.2, 0.25) is 0 Å². The van der Waals surface area contributed by atoms with Crippen molar-refractivity contribution in [2.75, 3.05) is 24.1 Å². The summed E-state index contributed by atoms with van der Waals surface area (Å²) in [5.41, 5.74) is 6.44. The smallest absolute Gasteiger partial charge is 0.410 e. The van der Waals surface area contributed by atoms with Crippen LogP contribution in [-0.4, -0.2) is 40.7 Å². The fourth-order valence-corrected chi connectivity index (χ4v) is 3.29. The van der Waals surface area contributed by atoms with E-state index in [-0.39, 0.29) is 11.5 Å². The van der Waals surface area contributed by atoms with Crippen LogP contribution >= 0.6 is 0 Å². The van der Waals surface area contributed by atoms with E-state index >= 15 is 0 Å². The van der Waals surface area contributed by atoms with Crippen molar-refractivity contribution in [2.45, 2.75) is 45.3 Å². The van der Waals surface area contributed by atoms with Crippen molar-refractivity contribution in [1.82, 2.24) is 9.88 Å². The van der Waals surface area contributed by atoms with Crippen molar-refractivity contribution in [3.05, 3.63) is 18.3 Å². The number of carbonyl (C=O) groups is 1. The predicted octanol–water partition coefficient (Wildman–Crippen LogP) is 2.48. The van der Waals surface area contributed by atoms with Crippen LogP contribution in [0.1, 0.15) is 33.6 Å². The standard InChI is InChI=1S/C16H24N4O2/c1-15(2,3)22-14(21)20-9-16(10-20)6-12(7-16)19-11-4-5-13(17)18-8-11/h4-5,8,12,19H,6-7,9-10H2,1-3H3,(H2,17,18). The summed E-state index contributed by atoms with van der Waals surface area (Å²) in [4.78, 5) is 17.8. The molecule has 0 bridgehead atoms. The molecule has 2 heterocycles. The van der Waals surface area contributed by atoms with Gasteiger partial charge in [-0.3, -0.25) is 0 Å². The second-order valence-corrected chi connectivity index (χ2v) is 7.56. The van der Waals surface area contributed by atoms with Crippen LogP contribution in [0.5, 0.6) is 0 Å². The number of amides is 1. The van der Waals surface area contributed by atoms with E-state index in [0.29, 0.717) is 11.9 Å². The molecule has 6 nitrogen and oxygen atoms in total. The van der Waals surface area contributed by atoms with E-state index in [0.717, 1.165) is 31.6 Å². The van der Waals surface area contributed by atoms with Crippen LogP contribution in [0.25, 0.3) is 0 Å². The molecular formula is C16H24N4O2. The van der Waals surface area contributed by atoms with E-state index in [9.17, 15) is 4.79 Å². The van der Waals surface area contributed by atoms with Gasteiger partial charge >= 0.3 is 6.09 Å². The molecule has 0 aromatic carbocycles. The monoisotopic (exact) mass is 304 g/mol. The van der Waals surface area contributed by atoms with Gasteiger partial charge in [0.25, 0.3) is 0 Å². The summed E-state index contributed by atoms with van der Waals surface area (Å²) in [5, 5.41) is 3.46. The minimum atomic E-state index is -0.425. The second-order valence-electron chi connectivity index (χ2n) is 7.56. The van der Waals surface area contributed by atoms with Crippen LogP contribution in [-0.2, 0) is 4.74 Å². The number of nitrogens with zero attached hydrogens (tertiary/aromatic N) is 2. The topological polar surface area (TPSA) is 80.5 Å². The molecule has 0 unspecified atom stereocenters. The Bertz CT molecular complexity index is 551. The van der Waals surface area contributed by atoms with Crippen molar-refractivity contribution in [3.63, 3.8) is 0 Å². The number of hydrogen-bond donors (Lipinski definition) is 2. The van der Waals surface area contributed by atoms with Crippen LogP contribution in [0.15, 0.2) is 18.3 Å². The normalized spacial score (nSPS) is 20.2. The van der Waals surface area contributed by atoms with Crippen molar-refractivity contribution >= 4 is 17.6 Å². The Balaban J connectivity index is 1.43. The first-order valence-electron chi connectivity index (χ1n) is 7.71. The number of ether oxygens (including phenoxy) is 1. The van der Waals surface area contributed by atoms with Gasteiger partial charge in [-0.15, -0.1) is 0 Å². The number of aromatic nitrogens is 1. The Morgan fingerprint density at radius 1 is 1.41 bits per heavy atom. The molecule has 3 N–H and O–H groups in total. The summed E-state index contributed by atoms with van der Waals surface area (Å²) in [6, 6.07) is 4.19. The van der Waals surface area contributed by atoms with Gasteiger partial charge in [0.1, 0.15) is 11.4 Å². The lowest BCUT2D eigenvalue weighted by atomic mass is 9.61. The molecule has 2 fully saturated rings. The van der Waals surface area contributed by atoms with E-state index in [1.165, 1.54) is 0 Å². The zero-order chi connectivity index (χ0) is 16.0. The number of nitrogen functional groups attached to an aromatic ring is 1. The SMILES string of the molecule is CC(C)(C)OC(=O)N1CC2(CC(Nc3ccc(N)nc3)C2)C1. The third kappa shape index (κ3) is 3.10. The van der Waals surface area contributed by atoms with Crippen LogP contribution in [0, 0.1) is 5.41 Å². The molecule has 2 aliphatic rings. The fourth-order valence-electron chi connectivity index (χ4n) is 3.29. The summed E-state index contributed by atoms with van der Waals surface area (Å²) < 4.78 is 5.39. The number of nitrogens with two attached hydrogens (primary N) is 1. The Morgan fingerprint density at radius 3 is 2.64 bits per heavy atom. The minimum Gasteiger partial charge on any atom is -0.444 e. The number of anilines is 2. The van der Waals surface area contributed by atoms with Crippen molar-refractivity contribution in [2.24, 2.45) is 5.41 Å². The average molecular weight is 304 g/mol. The van der Waals surface area contributed by atoms with Gasteiger partial charge in [0.15, 0.2) is 0 Å². The van der Waals surface area contributed by atoms with Gasteiger partial charge in [-0.1, -0.05) is 0 Å². The molecule has 3 rings (SSSR count). The van der Waals surface area contributed by atoms with E-state index in [1.54, 1.807) is 17.2 Å². The lowest BCUT2D eigenvalue weighted by molar-refractivity contribution is -0.0738. The number of nitrogens with one attached hydrogen (secondary N) is 1. The summed E-state index contributed by atoms with van der Waals surface area (Å²) in [6.45, 7) is 7.29. The van der Waals surface area contributed by atoms with E-state index in [4.69, 9.17) is 10.5 Å². The number of rotatable bonds is 2. The molecule has 1 saturated carbocycles. The first-order chi connectivity index (χ1) is 10.2. The molecule has 1 aliphatic carbocycles. The Morgan fingerprint density at radius 2 is 2.09 bits per heavy atom. The van der Waals surface area contributed by atoms with Crippen LogP contribution in [0.3, 0.4) is 0 Å². The molecule has 1 aromatic heterocycles. The highest BCUT2D eigenvalue weighted by molar-refractivity contribution is 5.69. The first-order valence-corrected chi connectivity index (χ1v) is 7.71. The second kappa shape index (κ2) is 5.04. The van der Waals surface area contributed by atoms with Crippen molar-refractivity contribution in [1.29, 1.82) is 0 Å². The minimum absolute atomic E-state index is 0.197. The van der Waals surface area contributed by atoms with Gasteiger partial charge in [0.05, 0.1) is 11.9 Å². The summed E-state index contributed by atoms with van der Waals surface area (Å²) in [6.07, 6.45) is 3.72. The van der Waals surface area contributed by atoms with E-state index in [2.05, 4.69) is 10.3 Å². The Kier molecular flexibility index (Phi) is 3.42. The summed E-state index contributed by atoms with van der Waals surface area (Å²) in [7, 11) is 0. The Hall–Kier alpha value is -1.98. The predicted molar refractivity (Wildman–Crippen MR) is 85.5 cm³/mol. The molecule has 0 atom stereocenters. The Labute approximate surface area is 131 Å². The fraction of sp³-hybridized carbons (Fsp3) is 0.625. The lowest BCUT2D eigenvalue weighted by Crippen LogP contribution is -2.66. The largest absolute Gasteiger partial charge is 0.444 e. The quantitative estimate of drug-likeness (QED) is 0.877. The van der Waals surface area contributed by atoms with Gasteiger partial charge in [0.2, 0.25) is 0 Å². The molecule has 1 saturated heterocycles. The molecule has 0 radical (unpaired) electrons. The van der Waals surface area contributed by atoms with Gasteiger partial charge < -0.3 is 20.7 Å². The van der Waals surface area contributed by atoms with Gasteiger partial charge in [-0.05, 0) is 45.7 Å². The van der Waals surface area contributed by atoms with E-state index in [1.807, 2.05) is 26.8 Å². The van der Waals surface area contributed by atoms with Crippen molar-refractivity contribution in [3.8, 4) is 0 Å². The maximum Gasteiger partial charge on any atom is 0.410 e. The molecule has 22 heavy (non-hydrogen) atoms.